The molecular formula is C55H88O25. The number of hydrogen-bond acceptors (Lipinski definition) is 25. The largest absolute Gasteiger partial charge is 0.469 e. The fourth-order valence-corrected chi connectivity index (χ4v) is 16.7. The SMILES string of the molecule is COC(=O)[C@@]1(C)CC[C@]2(C(=O)O[C@@H]3O[C@H](CO)[C@@H](O)[C@H](O)[C@H]3O)CC[C@]3(C)C(=CC[C@@H]4[C@@]5(C)CC[C@H](O[C@@H]6O[C@H](CO)[C@@H](O)[C@H](O)[C@H]6O[C@@H]6O[C@H](CO)[C@@H](O)[C@H](O)[C@H]6O[C@@H]6O[C@@H](C)[C@H](O)[C@@H](O)[C@H]6O)[C@@](C)(CO)[C@@H]5CC[C@]43C)[C@@H]2C1. The van der Waals surface area contributed by atoms with Gasteiger partial charge in [0.1, 0.15) is 91.6 Å². The number of rotatable bonds is 13. The van der Waals surface area contributed by atoms with Crippen LogP contribution >= 0.6 is 0 Å². The Labute approximate surface area is 464 Å². The number of carbonyl (C=O) groups excluding carboxylic acids is 2. The molecule has 0 aromatic rings. The number of methoxy groups -OCH3 is 1. The molecule has 14 N–H and O–H groups in total. The number of aliphatic hydroxyl groups excluding tert-OH is 14. The molecule has 80 heavy (non-hydrogen) atoms. The Balaban J connectivity index is 0.993. The Kier molecular flexibility index (Phi) is 17.9. The number of carbonyl (C=O) groups is 2. The molecular weight excluding hydrogens is 1060 g/mol. The van der Waals surface area contributed by atoms with E-state index in [9.17, 15) is 81.1 Å². The van der Waals surface area contributed by atoms with Crippen LogP contribution in [0.5, 0.6) is 0 Å². The van der Waals surface area contributed by atoms with E-state index >= 15 is 0 Å². The summed E-state index contributed by atoms with van der Waals surface area (Å²) in [4.78, 5) is 28.5. The van der Waals surface area contributed by atoms with E-state index < -0.39 is 199 Å². The summed E-state index contributed by atoms with van der Waals surface area (Å²) in [6.07, 6.45) is -27.6. The highest BCUT2D eigenvalue weighted by Gasteiger charge is 2.71. The summed E-state index contributed by atoms with van der Waals surface area (Å²) < 4.78 is 53.7. The van der Waals surface area contributed by atoms with Crippen molar-refractivity contribution < 1.29 is 124 Å². The van der Waals surface area contributed by atoms with Crippen molar-refractivity contribution in [3.63, 3.8) is 0 Å². The van der Waals surface area contributed by atoms with E-state index in [4.69, 9.17) is 42.6 Å². The van der Waals surface area contributed by atoms with Crippen molar-refractivity contribution in [3.05, 3.63) is 11.6 Å². The molecule has 25 heteroatoms. The molecule has 0 aromatic carbocycles. The molecule has 4 heterocycles. The quantitative estimate of drug-likeness (QED) is 0.0500. The van der Waals surface area contributed by atoms with Crippen LogP contribution in [0.1, 0.15) is 106 Å². The van der Waals surface area contributed by atoms with Crippen molar-refractivity contribution in [2.75, 3.05) is 33.5 Å². The molecule has 0 radical (unpaired) electrons. The van der Waals surface area contributed by atoms with Crippen LogP contribution in [0.2, 0.25) is 0 Å². The van der Waals surface area contributed by atoms with Crippen LogP contribution in [0.25, 0.3) is 0 Å². The lowest BCUT2D eigenvalue weighted by molar-refractivity contribution is -0.398. The van der Waals surface area contributed by atoms with E-state index in [0.29, 0.717) is 51.4 Å². The molecule has 4 saturated carbocycles. The van der Waals surface area contributed by atoms with Gasteiger partial charge in [-0.2, -0.15) is 0 Å². The van der Waals surface area contributed by atoms with Gasteiger partial charge in [-0.1, -0.05) is 39.3 Å². The van der Waals surface area contributed by atoms with Gasteiger partial charge >= 0.3 is 11.9 Å². The lowest BCUT2D eigenvalue weighted by Crippen LogP contribution is -2.68. The molecule has 9 aliphatic rings. The van der Waals surface area contributed by atoms with Crippen molar-refractivity contribution in [1.82, 2.24) is 0 Å². The summed E-state index contributed by atoms with van der Waals surface area (Å²) in [6, 6.07) is 0. The molecule has 4 saturated heterocycles. The van der Waals surface area contributed by atoms with E-state index in [2.05, 4.69) is 26.8 Å². The monoisotopic (exact) mass is 1150 g/mol. The van der Waals surface area contributed by atoms with E-state index in [1.54, 1.807) is 0 Å². The predicted octanol–water partition coefficient (Wildman–Crippen LogP) is -2.88. The van der Waals surface area contributed by atoms with Gasteiger partial charge in [-0.3, -0.25) is 9.59 Å². The summed E-state index contributed by atoms with van der Waals surface area (Å²) >= 11 is 0. The molecule has 30 atom stereocenters. The average Bonchev–Trinajstić information content (AvgIpc) is 3.32. The van der Waals surface area contributed by atoms with Crippen LogP contribution in [0.4, 0.5) is 0 Å². The maximum atomic E-state index is 14.9. The third-order valence-electron chi connectivity index (χ3n) is 22.0. The lowest BCUT2D eigenvalue weighted by atomic mass is 9.33. The zero-order chi connectivity index (χ0) is 58.6. The first-order valence-corrected chi connectivity index (χ1v) is 28.4. The standard InChI is InChI=1S/C55H88O25/c1-23-32(60)36(64)40(68)44(73-23)78-43-39(67)35(63)28(21-58)76-47(43)79-42-38(66)34(62)27(20-57)75-46(42)77-31-11-12-51(3)29(52(31,4)22-59)10-13-54(6)30(51)9-8-24-25-18-50(2,48(70)72-7)14-16-55(25,17-15-53(24,54)5)49(71)80-45-41(69)37(65)33(61)26(19-56)74-45/h8,23,25-47,56-69H,9-22H2,1-7H3/t23-,25-,26+,27+,28+,29+,30+,31-,32-,33+,34+,35+,36+,37-,38-,39-,40+,41+,42+,43+,44-,45-,46-,47-,50-,51-,52-,53+,54+,55-/m0/s1. The summed E-state index contributed by atoms with van der Waals surface area (Å²) in [5, 5.41) is 151. The molecule has 9 rings (SSSR count). The molecule has 458 valence electrons. The van der Waals surface area contributed by atoms with Gasteiger partial charge in [-0.25, -0.2) is 0 Å². The molecule has 0 unspecified atom stereocenters. The van der Waals surface area contributed by atoms with Gasteiger partial charge in [0, 0.05) is 5.41 Å². The number of allylic oxidation sites excluding steroid dienone is 2. The van der Waals surface area contributed by atoms with Gasteiger partial charge in [0.15, 0.2) is 18.9 Å². The van der Waals surface area contributed by atoms with Gasteiger partial charge in [0.25, 0.3) is 0 Å². The Bertz CT molecular complexity index is 2240. The third-order valence-corrected chi connectivity index (χ3v) is 22.0. The summed E-state index contributed by atoms with van der Waals surface area (Å²) in [5.41, 5.74) is -3.59. The first-order valence-electron chi connectivity index (χ1n) is 28.4. The van der Waals surface area contributed by atoms with E-state index in [-0.39, 0.29) is 31.3 Å². The van der Waals surface area contributed by atoms with E-state index in [0.717, 1.165) is 5.57 Å². The highest BCUT2D eigenvalue weighted by molar-refractivity contribution is 5.81. The lowest BCUT2D eigenvalue weighted by Gasteiger charge is -2.71. The van der Waals surface area contributed by atoms with Crippen LogP contribution in [-0.4, -0.2) is 246 Å². The van der Waals surface area contributed by atoms with Crippen molar-refractivity contribution in [2.24, 2.45) is 50.2 Å². The Morgan fingerprint density at radius 2 is 1.09 bits per heavy atom. The maximum Gasteiger partial charge on any atom is 0.315 e. The fraction of sp³-hybridized carbons (Fsp3) is 0.927. The minimum absolute atomic E-state index is 0.00289. The third kappa shape index (κ3) is 9.83. The predicted molar refractivity (Wildman–Crippen MR) is 269 cm³/mol. The van der Waals surface area contributed by atoms with Crippen LogP contribution < -0.4 is 0 Å². The molecule has 0 aromatic heterocycles. The first kappa shape index (κ1) is 62.4. The molecule has 0 spiro atoms. The van der Waals surface area contributed by atoms with Crippen molar-refractivity contribution >= 4 is 11.9 Å². The van der Waals surface area contributed by atoms with Crippen LogP contribution in [-0.2, 0) is 52.2 Å². The summed E-state index contributed by atoms with van der Waals surface area (Å²) in [5.74, 6) is -1.84. The minimum Gasteiger partial charge on any atom is -0.469 e. The van der Waals surface area contributed by atoms with Crippen LogP contribution in [0.3, 0.4) is 0 Å². The Morgan fingerprint density at radius 1 is 0.562 bits per heavy atom. The minimum atomic E-state index is -1.92. The number of esters is 2. The second-order valence-electron chi connectivity index (χ2n) is 26.0. The van der Waals surface area contributed by atoms with Gasteiger partial charge in [0.2, 0.25) is 6.29 Å². The highest BCUT2D eigenvalue weighted by Crippen LogP contribution is 2.76. The molecule has 0 bridgehead atoms. The van der Waals surface area contributed by atoms with Crippen LogP contribution in [0.15, 0.2) is 11.6 Å². The van der Waals surface area contributed by atoms with Crippen molar-refractivity contribution in [3.8, 4) is 0 Å². The van der Waals surface area contributed by atoms with E-state index in [1.165, 1.54) is 14.0 Å². The van der Waals surface area contributed by atoms with Gasteiger partial charge < -0.3 is 114 Å². The zero-order valence-electron chi connectivity index (χ0n) is 46.6. The average molecular weight is 1150 g/mol. The van der Waals surface area contributed by atoms with Crippen LogP contribution in [0, 0.1) is 50.2 Å². The number of aliphatic hydroxyl groups is 14. The summed E-state index contributed by atoms with van der Waals surface area (Å²) in [6.45, 7) is 9.25. The molecule has 4 aliphatic heterocycles. The molecule has 0 amide bonds. The zero-order valence-corrected chi connectivity index (χ0v) is 46.6. The smallest absolute Gasteiger partial charge is 0.315 e. The van der Waals surface area contributed by atoms with Gasteiger partial charge in [-0.05, 0) is 112 Å². The second kappa shape index (κ2) is 22.9. The Morgan fingerprint density at radius 3 is 1.66 bits per heavy atom. The van der Waals surface area contributed by atoms with E-state index in [1.807, 2.05) is 13.8 Å². The normalized spacial score (nSPS) is 54.2. The van der Waals surface area contributed by atoms with Crippen molar-refractivity contribution in [1.29, 1.82) is 0 Å². The first-order chi connectivity index (χ1) is 37.6. The maximum absolute atomic E-state index is 14.9. The van der Waals surface area contributed by atoms with Gasteiger partial charge in [0.05, 0.1) is 56.6 Å². The van der Waals surface area contributed by atoms with Gasteiger partial charge in [-0.15, -0.1) is 0 Å². The van der Waals surface area contributed by atoms with Crippen molar-refractivity contribution in [2.45, 2.75) is 235 Å². The number of ether oxygens (including phenoxy) is 9. The highest BCUT2D eigenvalue weighted by atomic mass is 16.8. The topological polar surface area (TPSA) is 400 Å². The summed E-state index contributed by atoms with van der Waals surface area (Å²) in [7, 11) is 1.33. The number of hydrogen-bond donors (Lipinski definition) is 14. The molecule has 5 aliphatic carbocycles. The Hall–Kier alpha value is -2.16. The molecule has 25 nitrogen and oxygen atoms in total. The number of fused-ring (bicyclic) bond motifs is 7. The fourth-order valence-electron chi connectivity index (χ4n) is 16.7. The molecule has 8 fully saturated rings. The second-order valence-corrected chi connectivity index (χ2v) is 26.0.